The predicted octanol–water partition coefficient (Wildman–Crippen LogP) is 0.771. The molecule has 2 aromatic rings. The van der Waals surface area contributed by atoms with Gasteiger partial charge in [-0.2, -0.15) is 15.0 Å². The smallest absolute Gasteiger partial charge is 0.319 e. The summed E-state index contributed by atoms with van der Waals surface area (Å²) >= 11 is 0. The van der Waals surface area contributed by atoms with Gasteiger partial charge in [0.05, 0.1) is 18.1 Å². The van der Waals surface area contributed by atoms with Crippen LogP contribution in [0.25, 0.3) is 5.69 Å². The number of benzene rings is 1. The lowest BCUT2D eigenvalue weighted by molar-refractivity contribution is 0.249. The first-order valence-electron chi connectivity index (χ1n) is 5.92. The highest BCUT2D eigenvalue weighted by Crippen LogP contribution is 2.11. The second-order valence-corrected chi connectivity index (χ2v) is 3.82. The number of anilines is 1. The van der Waals surface area contributed by atoms with E-state index in [0.29, 0.717) is 18.7 Å². The van der Waals surface area contributed by atoms with Gasteiger partial charge in [0, 0.05) is 18.8 Å². The van der Waals surface area contributed by atoms with E-state index in [2.05, 4.69) is 20.8 Å². The maximum absolute atomic E-state index is 11.5. The Morgan fingerprint density at radius 2 is 1.89 bits per heavy atom. The summed E-state index contributed by atoms with van der Waals surface area (Å²) in [6.07, 6.45) is 3.73. The van der Waals surface area contributed by atoms with Gasteiger partial charge in [-0.3, -0.25) is 0 Å². The van der Waals surface area contributed by atoms with Crippen LogP contribution >= 0.6 is 0 Å². The molecule has 1 aromatic carbocycles. The Kier molecular flexibility index (Phi) is 4.46. The van der Waals surface area contributed by atoms with Crippen molar-refractivity contribution >= 4 is 11.7 Å². The van der Waals surface area contributed by atoms with E-state index in [-0.39, 0.29) is 12.6 Å². The number of aliphatic hydroxyl groups is 1. The fourth-order valence-electron chi connectivity index (χ4n) is 1.48. The Morgan fingerprint density at radius 3 is 2.53 bits per heavy atom. The molecule has 0 unspecified atom stereocenters. The minimum absolute atomic E-state index is 0.0614. The van der Waals surface area contributed by atoms with Gasteiger partial charge in [0.1, 0.15) is 0 Å². The first-order chi connectivity index (χ1) is 9.29. The number of rotatable bonds is 5. The van der Waals surface area contributed by atoms with Crippen molar-refractivity contribution in [3.05, 3.63) is 36.7 Å². The molecule has 0 aliphatic carbocycles. The largest absolute Gasteiger partial charge is 0.396 e. The Balaban J connectivity index is 1.90. The first kappa shape index (κ1) is 13.0. The molecule has 0 spiro atoms. The van der Waals surface area contributed by atoms with E-state index in [4.69, 9.17) is 5.11 Å². The number of hydrogen-bond donors (Lipinski definition) is 3. The molecule has 3 N–H and O–H groups in total. The molecule has 0 radical (unpaired) electrons. The Labute approximate surface area is 110 Å². The van der Waals surface area contributed by atoms with Crippen molar-refractivity contribution < 1.29 is 9.90 Å². The Bertz CT molecular complexity index is 509. The number of aromatic nitrogens is 3. The number of carbonyl (C=O) groups is 1. The van der Waals surface area contributed by atoms with E-state index in [1.807, 2.05) is 12.1 Å². The second-order valence-electron chi connectivity index (χ2n) is 3.82. The number of aliphatic hydroxyl groups excluding tert-OH is 1. The number of nitrogens with zero attached hydrogens (tertiary/aromatic N) is 3. The van der Waals surface area contributed by atoms with Crippen LogP contribution < -0.4 is 10.6 Å². The van der Waals surface area contributed by atoms with Crippen LogP contribution in [0, 0.1) is 0 Å². The molecular formula is C12H15N5O2. The molecule has 0 aliphatic rings. The van der Waals surface area contributed by atoms with E-state index in [1.54, 1.807) is 24.5 Å². The quantitative estimate of drug-likeness (QED) is 0.693. The van der Waals surface area contributed by atoms with Crippen LogP contribution in [0.3, 0.4) is 0 Å². The van der Waals surface area contributed by atoms with Crippen LogP contribution in [0.2, 0.25) is 0 Å². The molecule has 0 saturated heterocycles. The highest BCUT2D eigenvalue weighted by molar-refractivity contribution is 5.89. The monoisotopic (exact) mass is 261 g/mol. The molecular weight excluding hydrogens is 246 g/mol. The number of urea groups is 1. The molecule has 0 saturated carbocycles. The molecule has 100 valence electrons. The lowest BCUT2D eigenvalue weighted by Gasteiger charge is -2.07. The molecule has 0 bridgehead atoms. The first-order valence-corrected chi connectivity index (χ1v) is 5.92. The van der Waals surface area contributed by atoms with Gasteiger partial charge < -0.3 is 15.7 Å². The predicted molar refractivity (Wildman–Crippen MR) is 70.1 cm³/mol. The zero-order valence-corrected chi connectivity index (χ0v) is 10.3. The van der Waals surface area contributed by atoms with Crippen LogP contribution in [0.15, 0.2) is 36.7 Å². The minimum Gasteiger partial charge on any atom is -0.396 e. The molecule has 1 heterocycles. The van der Waals surface area contributed by atoms with Crippen molar-refractivity contribution in [3.8, 4) is 5.69 Å². The highest BCUT2D eigenvalue weighted by Gasteiger charge is 2.02. The van der Waals surface area contributed by atoms with Gasteiger partial charge in [-0.1, -0.05) is 0 Å². The van der Waals surface area contributed by atoms with E-state index in [1.165, 1.54) is 4.80 Å². The summed E-state index contributed by atoms with van der Waals surface area (Å²) < 4.78 is 0. The van der Waals surface area contributed by atoms with Crippen molar-refractivity contribution in [2.45, 2.75) is 6.42 Å². The number of hydrogen-bond acceptors (Lipinski definition) is 4. The zero-order chi connectivity index (χ0) is 13.5. The standard InChI is InChI=1S/C12H15N5O2/c18-9-1-6-13-12(19)16-10-2-4-11(5-3-10)17-14-7-8-15-17/h2-5,7-8,18H,1,6,9H2,(H2,13,16,19). The van der Waals surface area contributed by atoms with Crippen molar-refractivity contribution in [1.29, 1.82) is 0 Å². The van der Waals surface area contributed by atoms with Gasteiger partial charge >= 0.3 is 6.03 Å². The summed E-state index contributed by atoms with van der Waals surface area (Å²) in [5.41, 5.74) is 1.49. The summed E-state index contributed by atoms with van der Waals surface area (Å²) in [4.78, 5) is 13.0. The highest BCUT2D eigenvalue weighted by atomic mass is 16.3. The summed E-state index contributed by atoms with van der Waals surface area (Å²) in [6, 6.07) is 6.86. The zero-order valence-electron chi connectivity index (χ0n) is 10.3. The topological polar surface area (TPSA) is 92.1 Å². The van der Waals surface area contributed by atoms with Gasteiger partial charge in [-0.25, -0.2) is 4.79 Å². The Hall–Kier alpha value is -2.41. The maximum atomic E-state index is 11.5. The summed E-state index contributed by atoms with van der Waals surface area (Å²) in [5.74, 6) is 0. The van der Waals surface area contributed by atoms with E-state index >= 15 is 0 Å². The van der Waals surface area contributed by atoms with Gasteiger partial charge in [0.25, 0.3) is 0 Å². The van der Waals surface area contributed by atoms with Gasteiger partial charge in [0.15, 0.2) is 0 Å². The van der Waals surface area contributed by atoms with Gasteiger partial charge in [-0.05, 0) is 30.7 Å². The normalized spacial score (nSPS) is 10.2. The van der Waals surface area contributed by atoms with Crippen LogP contribution in [0.4, 0.5) is 10.5 Å². The average Bonchev–Trinajstić information content (AvgIpc) is 2.94. The maximum Gasteiger partial charge on any atom is 0.319 e. The number of nitrogens with one attached hydrogen (secondary N) is 2. The van der Waals surface area contributed by atoms with Crippen LogP contribution in [0.5, 0.6) is 0 Å². The molecule has 19 heavy (non-hydrogen) atoms. The van der Waals surface area contributed by atoms with Crippen LogP contribution in [-0.2, 0) is 0 Å². The van der Waals surface area contributed by atoms with Crippen LogP contribution in [0.1, 0.15) is 6.42 Å². The lowest BCUT2D eigenvalue weighted by atomic mass is 10.3. The summed E-state index contributed by atoms with van der Waals surface area (Å²) in [6.45, 7) is 0.503. The van der Waals surface area contributed by atoms with Crippen LogP contribution in [-0.4, -0.2) is 39.3 Å². The summed E-state index contributed by atoms with van der Waals surface area (Å²) in [5, 5.41) is 21.9. The third-order valence-corrected chi connectivity index (χ3v) is 2.40. The number of carbonyl (C=O) groups excluding carboxylic acids is 1. The van der Waals surface area contributed by atoms with Gasteiger partial charge in [-0.15, -0.1) is 0 Å². The van der Waals surface area contributed by atoms with E-state index in [9.17, 15) is 4.79 Å². The number of amides is 2. The Morgan fingerprint density at radius 1 is 1.21 bits per heavy atom. The average molecular weight is 261 g/mol. The fourth-order valence-corrected chi connectivity index (χ4v) is 1.48. The summed E-state index contributed by atoms with van der Waals surface area (Å²) in [7, 11) is 0. The SMILES string of the molecule is O=C(NCCCO)Nc1ccc(-n2nccn2)cc1. The molecule has 7 heteroatoms. The molecule has 7 nitrogen and oxygen atoms in total. The van der Waals surface area contributed by atoms with E-state index in [0.717, 1.165) is 5.69 Å². The molecule has 0 aliphatic heterocycles. The van der Waals surface area contributed by atoms with Crippen molar-refractivity contribution in [2.75, 3.05) is 18.5 Å². The van der Waals surface area contributed by atoms with E-state index < -0.39 is 0 Å². The molecule has 2 amide bonds. The molecule has 0 atom stereocenters. The second kappa shape index (κ2) is 6.50. The molecule has 1 aromatic heterocycles. The fraction of sp³-hybridized carbons (Fsp3) is 0.250. The lowest BCUT2D eigenvalue weighted by Crippen LogP contribution is -2.29. The molecule has 0 fully saturated rings. The third kappa shape index (κ3) is 3.78. The van der Waals surface area contributed by atoms with Crippen molar-refractivity contribution in [3.63, 3.8) is 0 Å². The molecule has 2 rings (SSSR count). The third-order valence-electron chi connectivity index (χ3n) is 2.40. The van der Waals surface area contributed by atoms with Gasteiger partial charge in [0.2, 0.25) is 0 Å². The van der Waals surface area contributed by atoms with Crippen molar-refractivity contribution in [1.82, 2.24) is 20.3 Å². The van der Waals surface area contributed by atoms with Crippen molar-refractivity contribution in [2.24, 2.45) is 0 Å². The minimum atomic E-state index is -0.293.